The van der Waals surface area contributed by atoms with Gasteiger partial charge in [0.15, 0.2) is 0 Å². The lowest BCUT2D eigenvalue weighted by molar-refractivity contribution is -0.140. The van der Waals surface area contributed by atoms with Crippen molar-refractivity contribution >= 4 is 17.7 Å². The SMILES string of the molecule is CCSCCNCCC(=O)OC. The molecule has 0 aromatic carbocycles. The van der Waals surface area contributed by atoms with Crippen LogP contribution in [0.2, 0.25) is 0 Å². The minimum atomic E-state index is -0.148. The smallest absolute Gasteiger partial charge is 0.306 e. The van der Waals surface area contributed by atoms with Gasteiger partial charge in [0, 0.05) is 18.8 Å². The first-order valence-corrected chi connectivity index (χ1v) is 5.32. The van der Waals surface area contributed by atoms with Gasteiger partial charge in [0.25, 0.3) is 0 Å². The maximum atomic E-state index is 10.6. The molecule has 0 rings (SSSR count). The zero-order valence-electron chi connectivity index (χ0n) is 7.76. The predicted molar refractivity (Wildman–Crippen MR) is 52.5 cm³/mol. The molecule has 0 fully saturated rings. The van der Waals surface area contributed by atoms with E-state index in [0.29, 0.717) is 6.42 Å². The number of carbonyl (C=O) groups is 1. The van der Waals surface area contributed by atoms with Crippen LogP contribution in [0.1, 0.15) is 13.3 Å². The van der Waals surface area contributed by atoms with Gasteiger partial charge in [-0.1, -0.05) is 6.92 Å². The molecule has 0 heterocycles. The molecule has 3 nitrogen and oxygen atoms in total. The average Bonchev–Trinajstić information content (AvgIpc) is 2.10. The molecule has 1 N–H and O–H groups in total. The summed E-state index contributed by atoms with van der Waals surface area (Å²) >= 11 is 1.89. The minimum Gasteiger partial charge on any atom is -0.469 e. The van der Waals surface area contributed by atoms with Crippen molar-refractivity contribution in [1.29, 1.82) is 0 Å². The van der Waals surface area contributed by atoms with Crippen molar-refractivity contribution in [2.24, 2.45) is 0 Å². The molecule has 0 spiro atoms. The molecule has 0 aromatic rings. The summed E-state index contributed by atoms with van der Waals surface area (Å²) in [6, 6.07) is 0. The highest BCUT2D eigenvalue weighted by Crippen LogP contribution is 1.94. The van der Waals surface area contributed by atoms with E-state index in [9.17, 15) is 4.79 Å². The zero-order chi connectivity index (χ0) is 9.23. The van der Waals surface area contributed by atoms with Gasteiger partial charge < -0.3 is 10.1 Å². The molecule has 0 bridgehead atoms. The maximum Gasteiger partial charge on any atom is 0.306 e. The molecule has 0 amide bonds. The fourth-order valence-electron chi connectivity index (χ4n) is 0.706. The second-order valence-electron chi connectivity index (χ2n) is 2.27. The summed E-state index contributed by atoms with van der Waals surface area (Å²) in [6.07, 6.45) is 0.466. The van der Waals surface area contributed by atoms with Crippen LogP contribution in [0.15, 0.2) is 0 Å². The van der Waals surface area contributed by atoms with Crippen LogP contribution in [0.3, 0.4) is 0 Å². The van der Waals surface area contributed by atoms with Gasteiger partial charge in [0.05, 0.1) is 13.5 Å². The molecule has 0 saturated heterocycles. The number of rotatable bonds is 7. The number of ether oxygens (including phenoxy) is 1. The van der Waals surface area contributed by atoms with Gasteiger partial charge in [0.2, 0.25) is 0 Å². The van der Waals surface area contributed by atoms with Crippen LogP contribution < -0.4 is 5.32 Å². The Balaban J connectivity index is 2.95. The molecular formula is C8H17NO2S. The number of methoxy groups -OCH3 is 1. The van der Waals surface area contributed by atoms with E-state index in [4.69, 9.17) is 0 Å². The van der Waals surface area contributed by atoms with Crippen LogP contribution >= 0.6 is 11.8 Å². The van der Waals surface area contributed by atoms with E-state index in [1.807, 2.05) is 11.8 Å². The lowest BCUT2D eigenvalue weighted by Crippen LogP contribution is -2.21. The number of esters is 1. The quantitative estimate of drug-likeness (QED) is 0.479. The zero-order valence-corrected chi connectivity index (χ0v) is 8.58. The number of nitrogens with one attached hydrogen (secondary N) is 1. The van der Waals surface area contributed by atoms with Gasteiger partial charge >= 0.3 is 5.97 Å². The Morgan fingerprint density at radius 2 is 2.25 bits per heavy atom. The highest BCUT2D eigenvalue weighted by Gasteiger charge is 1.97. The third kappa shape index (κ3) is 7.88. The molecule has 0 radical (unpaired) electrons. The van der Waals surface area contributed by atoms with E-state index in [1.165, 1.54) is 7.11 Å². The first-order chi connectivity index (χ1) is 5.81. The van der Waals surface area contributed by atoms with E-state index in [2.05, 4.69) is 17.0 Å². The summed E-state index contributed by atoms with van der Waals surface area (Å²) in [5.41, 5.74) is 0. The Hall–Kier alpha value is -0.220. The number of thioether (sulfide) groups is 1. The maximum absolute atomic E-state index is 10.6. The second-order valence-corrected chi connectivity index (χ2v) is 3.67. The standard InChI is InChI=1S/C8H17NO2S/c1-3-12-7-6-9-5-4-8(10)11-2/h9H,3-7H2,1-2H3. The minimum absolute atomic E-state index is 0.148. The normalized spacial score (nSPS) is 9.83. The topological polar surface area (TPSA) is 38.3 Å². The molecule has 0 aliphatic heterocycles. The van der Waals surface area contributed by atoms with E-state index in [1.54, 1.807) is 0 Å². The Morgan fingerprint density at radius 1 is 1.50 bits per heavy atom. The molecular weight excluding hydrogens is 174 g/mol. The summed E-state index contributed by atoms with van der Waals surface area (Å²) < 4.78 is 4.49. The van der Waals surface area contributed by atoms with Crippen molar-refractivity contribution in [2.75, 3.05) is 31.7 Å². The Kier molecular flexibility index (Phi) is 8.71. The van der Waals surface area contributed by atoms with Gasteiger partial charge in [-0.2, -0.15) is 11.8 Å². The number of hydrogen-bond donors (Lipinski definition) is 1. The largest absolute Gasteiger partial charge is 0.469 e. The fraction of sp³-hybridized carbons (Fsp3) is 0.875. The Morgan fingerprint density at radius 3 is 2.83 bits per heavy atom. The summed E-state index contributed by atoms with van der Waals surface area (Å²) in [7, 11) is 1.41. The first-order valence-electron chi connectivity index (χ1n) is 4.16. The second kappa shape index (κ2) is 8.87. The van der Waals surface area contributed by atoms with Crippen LogP contribution in [-0.4, -0.2) is 37.7 Å². The molecule has 72 valence electrons. The molecule has 0 aliphatic carbocycles. The van der Waals surface area contributed by atoms with E-state index >= 15 is 0 Å². The molecule has 0 unspecified atom stereocenters. The van der Waals surface area contributed by atoms with Crippen molar-refractivity contribution in [2.45, 2.75) is 13.3 Å². The number of hydrogen-bond acceptors (Lipinski definition) is 4. The predicted octanol–water partition coefficient (Wildman–Crippen LogP) is 0.892. The molecule has 0 saturated carbocycles. The van der Waals surface area contributed by atoms with Crippen LogP contribution in [-0.2, 0) is 9.53 Å². The number of carbonyl (C=O) groups excluding carboxylic acids is 1. The summed E-state index contributed by atoms with van der Waals surface area (Å²) in [4.78, 5) is 10.6. The molecule has 12 heavy (non-hydrogen) atoms. The van der Waals surface area contributed by atoms with Crippen molar-refractivity contribution < 1.29 is 9.53 Å². The average molecular weight is 191 g/mol. The van der Waals surface area contributed by atoms with Crippen molar-refractivity contribution in [3.8, 4) is 0 Å². The van der Waals surface area contributed by atoms with Crippen molar-refractivity contribution in [3.05, 3.63) is 0 Å². The van der Waals surface area contributed by atoms with Crippen molar-refractivity contribution in [3.63, 3.8) is 0 Å². The van der Waals surface area contributed by atoms with E-state index in [0.717, 1.165) is 24.6 Å². The molecule has 0 atom stereocenters. The Labute approximate surface area is 78.2 Å². The van der Waals surface area contributed by atoms with Gasteiger partial charge in [-0.3, -0.25) is 4.79 Å². The van der Waals surface area contributed by atoms with Crippen LogP contribution in [0.25, 0.3) is 0 Å². The van der Waals surface area contributed by atoms with Crippen LogP contribution in [0.5, 0.6) is 0 Å². The third-order valence-corrected chi connectivity index (χ3v) is 2.26. The van der Waals surface area contributed by atoms with Gasteiger partial charge in [-0.25, -0.2) is 0 Å². The molecule has 0 aromatic heterocycles. The monoisotopic (exact) mass is 191 g/mol. The lowest BCUT2D eigenvalue weighted by Gasteiger charge is -2.02. The first kappa shape index (κ1) is 11.8. The van der Waals surface area contributed by atoms with Gasteiger partial charge in [-0.15, -0.1) is 0 Å². The van der Waals surface area contributed by atoms with Gasteiger partial charge in [0.1, 0.15) is 0 Å². The Bertz CT molecular complexity index is 120. The van der Waals surface area contributed by atoms with E-state index < -0.39 is 0 Å². The van der Waals surface area contributed by atoms with Crippen molar-refractivity contribution in [1.82, 2.24) is 5.32 Å². The molecule has 4 heteroatoms. The molecule has 0 aliphatic rings. The summed E-state index contributed by atoms with van der Waals surface area (Å²) in [5, 5.41) is 3.16. The van der Waals surface area contributed by atoms with Crippen LogP contribution in [0, 0.1) is 0 Å². The third-order valence-electron chi connectivity index (χ3n) is 1.36. The highest BCUT2D eigenvalue weighted by atomic mass is 32.2. The summed E-state index contributed by atoms with van der Waals surface area (Å²) in [6.45, 7) is 3.82. The van der Waals surface area contributed by atoms with Crippen LogP contribution in [0.4, 0.5) is 0 Å². The fourth-order valence-corrected chi connectivity index (χ4v) is 1.28. The summed E-state index contributed by atoms with van der Waals surface area (Å²) in [5.74, 6) is 2.11. The van der Waals surface area contributed by atoms with Gasteiger partial charge in [-0.05, 0) is 5.75 Å². The highest BCUT2D eigenvalue weighted by molar-refractivity contribution is 7.99. The van der Waals surface area contributed by atoms with E-state index in [-0.39, 0.29) is 5.97 Å². The lowest BCUT2D eigenvalue weighted by atomic mass is 10.4.